The first-order valence-corrected chi connectivity index (χ1v) is 6.36. The maximum absolute atomic E-state index is 11.1. The van der Waals surface area contributed by atoms with E-state index in [2.05, 4.69) is 4.99 Å². The van der Waals surface area contributed by atoms with Crippen LogP contribution in [0.15, 0.2) is 58.6 Å². The molecule has 1 aromatic rings. The van der Waals surface area contributed by atoms with E-state index in [1.165, 1.54) is 0 Å². The van der Waals surface area contributed by atoms with Crippen molar-refractivity contribution in [3.63, 3.8) is 0 Å². The van der Waals surface area contributed by atoms with Gasteiger partial charge in [0.15, 0.2) is 0 Å². The van der Waals surface area contributed by atoms with Crippen molar-refractivity contribution in [3.05, 3.63) is 53.6 Å². The largest absolute Gasteiger partial charge is 0.481 e. The molecular weight excluding hydrogens is 238 g/mol. The molecule has 0 saturated heterocycles. The molecule has 1 N–H and O–H groups in total. The number of para-hydroxylation sites is 1. The zero-order valence-electron chi connectivity index (χ0n) is 10.9. The molecule has 1 unspecified atom stereocenters. The van der Waals surface area contributed by atoms with Gasteiger partial charge in [-0.1, -0.05) is 35.9 Å². The number of rotatable bonds is 3. The summed E-state index contributed by atoms with van der Waals surface area (Å²) in [5, 5.41) is 9.16. The lowest BCUT2D eigenvalue weighted by Gasteiger charge is -2.19. The maximum Gasteiger partial charge on any atom is 0.307 e. The summed E-state index contributed by atoms with van der Waals surface area (Å²) in [6.07, 6.45) is 6.92. The van der Waals surface area contributed by atoms with Crippen LogP contribution < -0.4 is 0 Å². The lowest BCUT2D eigenvalue weighted by Crippen LogP contribution is -2.18. The second-order valence-electron chi connectivity index (χ2n) is 4.62. The van der Waals surface area contributed by atoms with E-state index in [1.807, 2.05) is 49.4 Å². The van der Waals surface area contributed by atoms with Crippen molar-refractivity contribution < 1.29 is 9.90 Å². The number of allylic oxidation sites excluding steroid dienone is 4. The number of nitrogens with zero attached hydrogens (tertiary/aromatic N) is 1. The Bertz CT molecular complexity index is 541. The Hall–Kier alpha value is -2.16. The van der Waals surface area contributed by atoms with Crippen molar-refractivity contribution in [3.8, 4) is 0 Å². The molecule has 3 nitrogen and oxygen atoms in total. The van der Waals surface area contributed by atoms with Crippen LogP contribution in [-0.2, 0) is 4.79 Å². The van der Waals surface area contributed by atoms with Crippen molar-refractivity contribution in [2.75, 3.05) is 0 Å². The summed E-state index contributed by atoms with van der Waals surface area (Å²) in [6, 6.07) is 9.65. The molecular formula is C16H17NO2. The highest BCUT2D eigenvalue weighted by Crippen LogP contribution is 2.27. The van der Waals surface area contributed by atoms with E-state index < -0.39 is 5.97 Å². The summed E-state index contributed by atoms with van der Waals surface area (Å²) >= 11 is 0. The highest BCUT2D eigenvalue weighted by atomic mass is 16.4. The van der Waals surface area contributed by atoms with Crippen LogP contribution in [0.1, 0.15) is 19.8 Å². The summed E-state index contributed by atoms with van der Waals surface area (Å²) in [5.74, 6) is -1.08. The molecule has 0 heterocycles. The van der Waals surface area contributed by atoms with Gasteiger partial charge in [-0.25, -0.2) is 0 Å². The standard InChI is InChI=1S/C16H17NO2/c1-2-12-8-13(10-14(9-12)16(18)19)11-17-15-6-4-3-5-7-15/h2-8,11,14H,9-10H2,1H3,(H,18,19)/b12-2-,17-11?. The molecule has 0 spiro atoms. The SMILES string of the molecule is C/C=C1/C=C(C=Nc2ccccc2)CC(C(=O)O)C1. The van der Waals surface area contributed by atoms with Crippen molar-refractivity contribution in [1.29, 1.82) is 0 Å². The molecule has 0 radical (unpaired) electrons. The fraction of sp³-hybridized carbons (Fsp3) is 0.250. The summed E-state index contributed by atoms with van der Waals surface area (Å²) in [6.45, 7) is 1.93. The molecule has 3 heteroatoms. The van der Waals surface area contributed by atoms with Crippen LogP contribution in [0.5, 0.6) is 0 Å². The smallest absolute Gasteiger partial charge is 0.307 e. The Morgan fingerprint density at radius 1 is 1.32 bits per heavy atom. The Labute approximate surface area is 113 Å². The van der Waals surface area contributed by atoms with Gasteiger partial charge in [0.25, 0.3) is 0 Å². The summed E-state index contributed by atoms with van der Waals surface area (Å²) in [7, 11) is 0. The average molecular weight is 255 g/mol. The molecule has 19 heavy (non-hydrogen) atoms. The van der Waals surface area contributed by atoms with Crippen molar-refractivity contribution in [2.24, 2.45) is 10.9 Å². The Kier molecular flexibility index (Phi) is 4.29. The first-order valence-electron chi connectivity index (χ1n) is 6.36. The Morgan fingerprint density at radius 2 is 2.05 bits per heavy atom. The van der Waals surface area contributed by atoms with Gasteiger partial charge in [0.1, 0.15) is 0 Å². The van der Waals surface area contributed by atoms with Gasteiger partial charge in [0.2, 0.25) is 0 Å². The van der Waals surface area contributed by atoms with Gasteiger partial charge in [-0.3, -0.25) is 9.79 Å². The van der Waals surface area contributed by atoms with Crippen LogP contribution in [0.4, 0.5) is 5.69 Å². The lowest BCUT2D eigenvalue weighted by molar-refractivity contribution is -0.141. The molecule has 2 rings (SSSR count). The van der Waals surface area contributed by atoms with Gasteiger partial charge in [-0.2, -0.15) is 0 Å². The van der Waals surface area contributed by atoms with Gasteiger partial charge in [0, 0.05) is 6.21 Å². The molecule has 0 amide bonds. The van der Waals surface area contributed by atoms with Gasteiger partial charge < -0.3 is 5.11 Å². The number of aliphatic imine (C=N–C) groups is 1. The molecule has 1 aliphatic rings. The number of aliphatic carboxylic acids is 1. The van der Waals surface area contributed by atoms with Gasteiger partial charge >= 0.3 is 5.97 Å². The van der Waals surface area contributed by atoms with E-state index in [-0.39, 0.29) is 5.92 Å². The van der Waals surface area contributed by atoms with E-state index >= 15 is 0 Å². The van der Waals surface area contributed by atoms with E-state index in [9.17, 15) is 4.79 Å². The first kappa shape index (κ1) is 13.3. The second kappa shape index (κ2) is 6.14. The van der Waals surface area contributed by atoms with Crippen LogP contribution in [-0.4, -0.2) is 17.3 Å². The minimum atomic E-state index is -0.738. The fourth-order valence-electron chi connectivity index (χ4n) is 2.13. The van der Waals surface area contributed by atoms with Crippen LogP contribution in [0.3, 0.4) is 0 Å². The number of hydrogen-bond donors (Lipinski definition) is 1. The predicted octanol–water partition coefficient (Wildman–Crippen LogP) is 3.76. The molecule has 1 aromatic carbocycles. The molecule has 0 saturated carbocycles. The summed E-state index contributed by atoms with van der Waals surface area (Å²) in [5.41, 5.74) is 2.91. The average Bonchev–Trinajstić information content (AvgIpc) is 2.45. The molecule has 0 aromatic heterocycles. The quantitative estimate of drug-likeness (QED) is 0.836. The third-order valence-corrected chi connectivity index (χ3v) is 3.19. The normalized spacial score (nSPS) is 21.6. The van der Waals surface area contributed by atoms with Gasteiger partial charge in [0.05, 0.1) is 11.6 Å². The van der Waals surface area contributed by atoms with E-state index in [1.54, 1.807) is 6.21 Å². The second-order valence-corrected chi connectivity index (χ2v) is 4.62. The molecule has 0 fully saturated rings. The Balaban J connectivity index is 2.17. The fourth-order valence-corrected chi connectivity index (χ4v) is 2.13. The van der Waals surface area contributed by atoms with Crippen molar-refractivity contribution in [2.45, 2.75) is 19.8 Å². The predicted molar refractivity (Wildman–Crippen MR) is 76.8 cm³/mol. The molecule has 0 bridgehead atoms. The van der Waals surface area contributed by atoms with Crippen molar-refractivity contribution >= 4 is 17.9 Å². The number of carboxylic acids is 1. The monoisotopic (exact) mass is 255 g/mol. The lowest BCUT2D eigenvalue weighted by atomic mass is 9.86. The van der Waals surface area contributed by atoms with E-state index in [4.69, 9.17) is 5.11 Å². The molecule has 1 aliphatic carbocycles. The summed E-state index contributed by atoms with van der Waals surface area (Å²) < 4.78 is 0. The molecule has 0 aliphatic heterocycles. The van der Waals surface area contributed by atoms with Gasteiger partial charge in [-0.15, -0.1) is 0 Å². The van der Waals surface area contributed by atoms with Crippen molar-refractivity contribution in [1.82, 2.24) is 0 Å². The number of carboxylic acid groups (broad SMARTS) is 1. The Morgan fingerprint density at radius 3 is 2.68 bits per heavy atom. The highest BCUT2D eigenvalue weighted by molar-refractivity contribution is 5.84. The number of carbonyl (C=O) groups is 1. The number of benzene rings is 1. The molecule has 1 atom stereocenters. The van der Waals surface area contributed by atoms with E-state index in [0.717, 1.165) is 16.8 Å². The topological polar surface area (TPSA) is 49.7 Å². The zero-order valence-corrected chi connectivity index (χ0v) is 10.9. The van der Waals surface area contributed by atoms with Crippen LogP contribution in [0, 0.1) is 5.92 Å². The minimum Gasteiger partial charge on any atom is -0.481 e. The zero-order chi connectivity index (χ0) is 13.7. The van der Waals surface area contributed by atoms with Crippen LogP contribution in [0.2, 0.25) is 0 Å². The molecule has 98 valence electrons. The minimum absolute atomic E-state index is 0.339. The van der Waals surface area contributed by atoms with Crippen LogP contribution in [0.25, 0.3) is 0 Å². The van der Waals surface area contributed by atoms with Crippen LogP contribution >= 0.6 is 0 Å². The summed E-state index contributed by atoms with van der Waals surface area (Å²) in [4.78, 5) is 15.5. The third kappa shape index (κ3) is 3.65. The maximum atomic E-state index is 11.1. The number of hydrogen-bond acceptors (Lipinski definition) is 2. The van der Waals surface area contributed by atoms with Gasteiger partial charge in [-0.05, 0) is 37.5 Å². The van der Waals surface area contributed by atoms with E-state index in [0.29, 0.717) is 12.8 Å². The third-order valence-electron chi connectivity index (χ3n) is 3.19. The highest BCUT2D eigenvalue weighted by Gasteiger charge is 2.23. The first-order chi connectivity index (χ1) is 9.19.